The predicted octanol–water partition coefficient (Wildman–Crippen LogP) is 3.76. The van der Waals surface area contributed by atoms with Crippen LogP contribution in [0.2, 0.25) is 0 Å². The van der Waals surface area contributed by atoms with Gasteiger partial charge in [-0.15, -0.1) is 0 Å². The standard InChI is InChI=1S/C22H20N2O4S2/c1-18(22(17-23)19-11-5-2-6-12-19)24(29(25,26)20-13-7-3-8-14-20)30(27,28)21-15-9-4-10-16-21/h2-16,18,22H,1H3/t18-,22+/m1/s1. The van der Waals surface area contributed by atoms with Crippen LogP contribution in [-0.2, 0) is 20.0 Å². The van der Waals surface area contributed by atoms with Gasteiger partial charge >= 0.3 is 0 Å². The Morgan fingerprint density at radius 3 is 1.43 bits per heavy atom. The van der Waals surface area contributed by atoms with Crippen LogP contribution in [-0.4, -0.2) is 26.6 Å². The van der Waals surface area contributed by atoms with Crippen molar-refractivity contribution in [2.75, 3.05) is 0 Å². The molecule has 0 fully saturated rings. The van der Waals surface area contributed by atoms with Gasteiger partial charge in [0.05, 0.1) is 27.8 Å². The van der Waals surface area contributed by atoms with Gasteiger partial charge in [0.2, 0.25) is 0 Å². The Bertz CT molecular complexity index is 1170. The van der Waals surface area contributed by atoms with Crippen LogP contribution >= 0.6 is 0 Å². The van der Waals surface area contributed by atoms with Crippen molar-refractivity contribution in [3.8, 4) is 6.07 Å². The van der Waals surface area contributed by atoms with Gasteiger partial charge < -0.3 is 0 Å². The summed E-state index contributed by atoms with van der Waals surface area (Å²) in [6, 6.07) is 24.1. The van der Waals surface area contributed by atoms with E-state index in [1.807, 2.05) is 0 Å². The van der Waals surface area contributed by atoms with Crippen LogP contribution in [0.5, 0.6) is 0 Å². The van der Waals surface area contributed by atoms with Gasteiger partial charge in [0.25, 0.3) is 20.0 Å². The molecule has 0 aliphatic rings. The maximum atomic E-state index is 13.5. The number of rotatable bonds is 7. The van der Waals surface area contributed by atoms with Gasteiger partial charge in [-0.3, -0.25) is 0 Å². The molecule has 0 aliphatic heterocycles. The van der Waals surface area contributed by atoms with Crippen LogP contribution in [0.1, 0.15) is 18.4 Å². The fourth-order valence-electron chi connectivity index (χ4n) is 3.20. The van der Waals surface area contributed by atoms with Gasteiger partial charge in [0.1, 0.15) is 0 Å². The third-order valence-electron chi connectivity index (χ3n) is 4.67. The van der Waals surface area contributed by atoms with Crippen molar-refractivity contribution in [1.29, 1.82) is 5.26 Å². The third-order valence-corrected chi connectivity index (χ3v) is 9.19. The summed E-state index contributed by atoms with van der Waals surface area (Å²) < 4.78 is 54.4. The molecule has 154 valence electrons. The lowest BCUT2D eigenvalue weighted by molar-refractivity contribution is 0.420. The van der Waals surface area contributed by atoms with E-state index in [0.29, 0.717) is 9.27 Å². The van der Waals surface area contributed by atoms with E-state index in [0.717, 1.165) is 0 Å². The minimum atomic E-state index is -4.47. The van der Waals surface area contributed by atoms with Crippen molar-refractivity contribution in [3.05, 3.63) is 96.6 Å². The van der Waals surface area contributed by atoms with Crippen molar-refractivity contribution in [3.63, 3.8) is 0 Å². The molecule has 8 heteroatoms. The van der Waals surface area contributed by atoms with Crippen LogP contribution in [0.25, 0.3) is 0 Å². The highest BCUT2D eigenvalue weighted by atomic mass is 32.3. The second-order valence-electron chi connectivity index (χ2n) is 6.62. The van der Waals surface area contributed by atoms with Crippen molar-refractivity contribution < 1.29 is 16.8 Å². The Morgan fingerprint density at radius 1 is 0.700 bits per heavy atom. The van der Waals surface area contributed by atoms with Crippen LogP contribution < -0.4 is 0 Å². The average molecular weight is 441 g/mol. The predicted molar refractivity (Wildman–Crippen MR) is 113 cm³/mol. The Labute approximate surface area is 177 Å². The van der Waals surface area contributed by atoms with Crippen LogP contribution in [0, 0.1) is 11.3 Å². The van der Waals surface area contributed by atoms with Crippen molar-refractivity contribution in [1.82, 2.24) is 3.71 Å². The summed E-state index contributed by atoms with van der Waals surface area (Å²) in [5.41, 5.74) is 0.532. The largest absolute Gasteiger partial charge is 0.256 e. The Kier molecular flexibility index (Phi) is 6.37. The molecule has 0 unspecified atom stereocenters. The minimum Gasteiger partial charge on any atom is -0.206 e. The molecule has 0 saturated heterocycles. The maximum absolute atomic E-state index is 13.5. The van der Waals surface area contributed by atoms with E-state index in [9.17, 15) is 22.1 Å². The molecule has 2 atom stereocenters. The second-order valence-corrected chi connectivity index (χ2v) is 10.5. The van der Waals surface area contributed by atoms with E-state index in [1.165, 1.54) is 55.5 Å². The lowest BCUT2D eigenvalue weighted by Crippen LogP contribution is -2.45. The number of nitriles is 1. The maximum Gasteiger partial charge on any atom is 0.256 e. The molecule has 0 radical (unpaired) electrons. The second kappa shape index (κ2) is 8.79. The smallest absolute Gasteiger partial charge is 0.206 e. The molecule has 6 nitrogen and oxygen atoms in total. The molecular weight excluding hydrogens is 420 g/mol. The number of hydrogen-bond donors (Lipinski definition) is 0. The molecule has 30 heavy (non-hydrogen) atoms. The van der Waals surface area contributed by atoms with Gasteiger partial charge in [-0.25, -0.2) is 16.8 Å². The number of benzene rings is 3. The minimum absolute atomic E-state index is 0.166. The Morgan fingerprint density at radius 2 is 1.07 bits per heavy atom. The van der Waals surface area contributed by atoms with Gasteiger partial charge in [-0.2, -0.15) is 5.26 Å². The third kappa shape index (κ3) is 4.14. The highest BCUT2D eigenvalue weighted by molar-refractivity contribution is 8.04. The molecule has 3 rings (SSSR count). The molecular formula is C22H20N2O4S2. The first kappa shape index (κ1) is 21.7. The first-order valence-corrected chi connectivity index (χ1v) is 12.0. The number of sulfonamides is 2. The summed E-state index contributed by atoms with van der Waals surface area (Å²) in [4.78, 5) is -0.331. The molecule has 0 amide bonds. The molecule has 0 heterocycles. The zero-order chi connectivity index (χ0) is 21.8. The summed E-state index contributed by atoms with van der Waals surface area (Å²) >= 11 is 0. The quantitative estimate of drug-likeness (QED) is 0.557. The zero-order valence-corrected chi connectivity index (χ0v) is 17.8. The first-order valence-electron chi connectivity index (χ1n) is 9.14. The molecule has 0 aliphatic carbocycles. The first-order chi connectivity index (χ1) is 14.3. The lowest BCUT2D eigenvalue weighted by atomic mass is 9.95. The molecule has 0 spiro atoms. The highest BCUT2D eigenvalue weighted by Gasteiger charge is 2.43. The van der Waals surface area contributed by atoms with E-state index in [2.05, 4.69) is 6.07 Å². The summed E-state index contributed by atoms with van der Waals surface area (Å²) in [5, 5.41) is 9.81. The number of hydrogen-bond acceptors (Lipinski definition) is 5. The van der Waals surface area contributed by atoms with Crippen LogP contribution in [0.3, 0.4) is 0 Å². The lowest BCUT2D eigenvalue weighted by Gasteiger charge is -2.30. The van der Waals surface area contributed by atoms with Crippen LogP contribution in [0.4, 0.5) is 0 Å². The van der Waals surface area contributed by atoms with Gasteiger partial charge in [0.15, 0.2) is 0 Å². The molecule has 0 aromatic heterocycles. The average Bonchev–Trinajstić information content (AvgIpc) is 2.76. The monoisotopic (exact) mass is 440 g/mol. The Hall–Kier alpha value is -2.99. The Balaban J connectivity index is 2.21. The summed E-state index contributed by atoms with van der Waals surface area (Å²) in [5.74, 6) is -0.997. The van der Waals surface area contributed by atoms with Crippen molar-refractivity contribution in [2.45, 2.75) is 28.7 Å². The van der Waals surface area contributed by atoms with Gasteiger partial charge in [-0.1, -0.05) is 70.4 Å². The summed E-state index contributed by atoms with van der Waals surface area (Å²) in [6.07, 6.45) is 0. The fourth-order valence-corrected chi connectivity index (χ4v) is 7.29. The van der Waals surface area contributed by atoms with E-state index >= 15 is 0 Å². The normalized spacial score (nSPS) is 14.0. The van der Waals surface area contributed by atoms with E-state index in [-0.39, 0.29) is 9.79 Å². The van der Waals surface area contributed by atoms with Gasteiger partial charge in [0, 0.05) is 0 Å². The van der Waals surface area contributed by atoms with Crippen molar-refractivity contribution in [2.24, 2.45) is 0 Å². The van der Waals surface area contributed by atoms with Gasteiger partial charge in [-0.05, 0) is 36.8 Å². The zero-order valence-electron chi connectivity index (χ0n) is 16.2. The van der Waals surface area contributed by atoms with Crippen LogP contribution in [0.15, 0.2) is 101 Å². The fraction of sp³-hybridized carbons (Fsp3) is 0.136. The molecule has 3 aromatic carbocycles. The highest BCUT2D eigenvalue weighted by Crippen LogP contribution is 2.32. The molecule has 0 N–H and O–H groups in total. The number of nitrogens with zero attached hydrogens (tertiary/aromatic N) is 2. The van der Waals surface area contributed by atoms with E-state index in [4.69, 9.17) is 0 Å². The van der Waals surface area contributed by atoms with Crippen molar-refractivity contribution >= 4 is 20.0 Å². The summed E-state index contributed by atoms with van der Waals surface area (Å²) in [7, 11) is -8.95. The topological polar surface area (TPSA) is 95.3 Å². The molecule has 3 aromatic rings. The van der Waals surface area contributed by atoms with E-state index < -0.39 is 32.0 Å². The molecule has 0 bridgehead atoms. The SMILES string of the molecule is C[C@H]([C@H](C#N)c1ccccc1)N(S(=O)(=O)c1ccccc1)S(=O)(=O)c1ccccc1. The summed E-state index contributed by atoms with van der Waals surface area (Å²) in [6.45, 7) is 1.43. The molecule has 0 saturated carbocycles. The van der Waals surface area contributed by atoms with E-state index in [1.54, 1.807) is 42.5 Å².